The van der Waals surface area contributed by atoms with E-state index in [1.807, 2.05) is 13.8 Å². The van der Waals surface area contributed by atoms with E-state index in [0.29, 0.717) is 12.1 Å². The molecule has 0 radical (unpaired) electrons. The fourth-order valence-electron chi connectivity index (χ4n) is 1.96. The molecule has 0 fully saturated rings. The molecule has 6 heteroatoms. The van der Waals surface area contributed by atoms with Gasteiger partial charge in [0, 0.05) is 18.7 Å². The molecule has 0 bridgehead atoms. The number of nitrogens with one attached hydrogen (secondary N) is 1. The summed E-state index contributed by atoms with van der Waals surface area (Å²) < 4.78 is 0. The Morgan fingerprint density at radius 1 is 1.42 bits per heavy atom. The van der Waals surface area contributed by atoms with Gasteiger partial charge in [-0.15, -0.1) is 0 Å². The summed E-state index contributed by atoms with van der Waals surface area (Å²) >= 11 is 0. The van der Waals surface area contributed by atoms with Crippen LogP contribution in [-0.4, -0.2) is 22.0 Å². The van der Waals surface area contributed by atoms with Gasteiger partial charge in [0.25, 0.3) is 5.69 Å². The molecule has 1 rings (SSSR count). The lowest BCUT2D eigenvalue weighted by Crippen LogP contribution is -2.28. The van der Waals surface area contributed by atoms with Crippen molar-refractivity contribution in [3.05, 3.63) is 39.4 Å². The minimum absolute atomic E-state index is 0.231. The molecular weight excluding hydrogens is 248 g/mol. The Morgan fingerprint density at radius 2 is 2.05 bits per heavy atom. The third-order valence-electron chi connectivity index (χ3n) is 3.11. The molecule has 1 aromatic rings. The highest BCUT2D eigenvalue weighted by molar-refractivity contribution is 5.94. The van der Waals surface area contributed by atoms with Crippen LogP contribution < -0.4 is 5.32 Å². The van der Waals surface area contributed by atoms with Crippen LogP contribution in [-0.2, 0) is 6.54 Å². The number of carboxylic acid groups (broad SMARTS) is 1. The summed E-state index contributed by atoms with van der Waals surface area (Å²) in [5.41, 5.74) is -0.157. The lowest BCUT2D eigenvalue weighted by molar-refractivity contribution is -0.385. The number of carboxylic acids is 1. The smallest absolute Gasteiger partial charge is 0.343 e. The molecule has 19 heavy (non-hydrogen) atoms. The van der Waals surface area contributed by atoms with Crippen LogP contribution in [0.3, 0.4) is 0 Å². The van der Waals surface area contributed by atoms with Gasteiger partial charge in [0.05, 0.1) is 4.92 Å². The fourth-order valence-corrected chi connectivity index (χ4v) is 1.96. The van der Waals surface area contributed by atoms with Gasteiger partial charge < -0.3 is 10.4 Å². The number of nitro benzene ring substituents is 1. The topological polar surface area (TPSA) is 92.5 Å². The summed E-state index contributed by atoms with van der Waals surface area (Å²) in [5.74, 6) is -1.27. The Labute approximate surface area is 111 Å². The quantitative estimate of drug-likeness (QED) is 0.584. The van der Waals surface area contributed by atoms with Crippen LogP contribution in [0.15, 0.2) is 18.2 Å². The molecule has 0 atom stereocenters. The highest BCUT2D eigenvalue weighted by atomic mass is 16.6. The van der Waals surface area contributed by atoms with Gasteiger partial charge >= 0.3 is 5.97 Å². The lowest BCUT2D eigenvalue weighted by Gasteiger charge is -2.15. The second-order valence-electron chi connectivity index (χ2n) is 4.27. The van der Waals surface area contributed by atoms with Gasteiger partial charge in [0.15, 0.2) is 0 Å². The average Bonchev–Trinajstić information content (AvgIpc) is 2.39. The van der Waals surface area contributed by atoms with Gasteiger partial charge in [-0.05, 0) is 18.4 Å². The van der Waals surface area contributed by atoms with Crippen LogP contribution in [0.25, 0.3) is 0 Å². The first-order chi connectivity index (χ1) is 9.01. The highest BCUT2D eigenvalue weighted by Crippen LogP contribution is 2.22. The van der Waals surface area contributed by atoms with Crippen molar-refractivity contribution >= 4 is 11.7 Å². The SMILES string of the molecule is CCC(CC)NCc1cccc([N+](=O)[O-])c1C(=O)O. The molecule has 2 N–H and O–H groups in total. The summed E-state index contributed by atoms with van der Waals surface area (Å²) in [7, 11) is 0. The van der Waals surface area contributed by atoms with Gasteiger partial charge in [0.1, 0.15) is 5.56 Å². The van der Waals surface area contributed by atoms with Gasteiger partial charge in [-0.25, -0.2) is 4.79 Å². The fraction of sp³-hybridized carbons (Fsp3) is 0.462. The Morgan fingerprint density at radius 3 is 2.53 bits per heavy atom. The van der Waals surface area contributed by atoms with Gasteiger partial charge in [-0.2, -0.15) is 0 Å². The summed E-state index contributed by atoms with van der Waals surface area (Å²) in [6.07, 6.45) is 1.85. The zero-order chi connectivity index (χ0) is 14.4. The third kappa shape index (κ3) is 3.75. The number of hydrogen-bond donors (Lipinski definition) is 2. The van der Waals surface area contributed by atoms with E-state index in [1.165, 1.54) is 12.1 Å². The Kier molecular flexibility index (Phi) is 5.44. The van der Waals surface area contributed by atoms with Crippen LogP contribution >= 0.6 is 0 Å². The normalized spacial score (nSPS) is 10.7. The molecule has 0 aromatic heterocycles. The van der Waals surface area contributed by atoms with Gasteiger partial charge in [0.2, 0.25) is 0 Å². The molecule has 0 unspecified atom stereocenters. The van der Waals surface area contributed by atoms with E-state index >= 15 is 0 Å². The molecule has 0 aliphatic carbocycles. The van der Waals surface area contributed by atoms with Crippen molar-refractivity contribution in [2.45, 2.75) is 39.3 Å². The molecule has 1 aromatic carbocycles. The van der Waals surface area contributed by atoms with Gasteiger partial charge in [-0.1, -0.05) is 26.0 Å². The van der Waals surface area contributed by atoms with Crippen LogP contribution in [0.2, 0.25) is 0 Å². The molecule has 0 spiro atoms. The minimum Gasteiger partial charge on any atom is -0.477 e. The van der Waals surface area contributed by atoms with Crippen molar-refractivity contribution in [2.24, 2.45) is 0 Å². The van der Waals surface area contributed by atoms with E-state index in [-0.39, 0.29) is 17.3 Å². The van der Waals surface area contributed by atoms with Crippen molar-refractivity contribution in [2.75, 3.05) is 0 Å². The Balaban J connectivity index is 3.03. The number of aromatic carboxylic acids is 1. The molecule has 0 amide bonds. The first-order valence-corrected chi connectivity index (χ1v) is 6.24. The Hall–Kier alpha value is -1.95. The van der Waals surface area contributed by atoms with Crippen molar-refractivity contribution in [1.82, 2.24) is 5.32 Å². The zero-order valence-electron chi connectivity index (χ0n) is 11.0. The van der Waals surface area contributed by atoms with Crippen LogP contribution in [0, 0.1) is 10.1 Å². The van der Waals surface area contributed by atoms with Crippen LogP contribution in [0.1, 0.15) is 42.6 Å². The average molecular weight is 266 g/mol. The van der Waals surface area contributed by atoms with Gasteiger partial charge in [-0.3, -0.25) is 10.1 Å². The molecule has 104 valence electrons. The molecule has 0 heterocycles. The van der Waals surface area contributed by atoms with Crippen molar-refractivity contribution in [1.29, 1.82) is 0 Å². The summed E-state index contributed by atoms with van der Waals surface area (Å²) in [5, 5.41) is 23.2. The second kappa shape index (κ2) is 6.84. The highest BCUT2D eigenvalue weighted by Gasteiger charge is 2.23. The summed E-state index contributed by atoms with van der Waals surface area (Å²) in [4.78, 5) is 21.4. The maximum atomic E-state index is 11.2. The van der Waals surface area contributed by atoms with E-state index in [0.717, 1.165) is 12.8 Å². The predicted molar refractivity (Wildman–Crippen MR) is 71.3 cm³/mol. The van der Waals surface area contributed by atoms with E-state index < -0.39 is 10.9 Å². The Bertz CT molecular complexity index is 470. The molecular formula is C13H18N2O4. The van der Waals surface area contributed by atoms with E-state index in [4.69, 9.17) is 5.11 Å². The third-order valence-corrected chi connectivity index (χ3v) is 3.11. The van der Waals surface area contributed by atoms with Crippen LogP contribution in [0.5, 0.6) is 0 Å². The summed E-state index contributed by atoms with van der Waals surface area (Å²) in [6.45, 7) is 4.38. The van der Waals surface area contributed by atoms with E-state index in [2.05, 4.69) is 5.32 Å². The number of nitrogens with zero attached hydrogens (tertiary/aromatic N) is 1. The first kappa shape index (κ1) is 15.1. The maximum Gasteiger partial charge on any atom is 0.343 e. The summed E-state index contributed by atoms with van der Waals surface area (Å²) in [6, 6.07) is 4.60. The molecule has 6 nitrogen and oxygen atoms in total. The van der Waals surface area contributed by atoms with E-state index in [1.54, 1.807) is 6.07 Å². The van der Waals surface area contributed by atoms with Crippen molar-refractivity contribution in [3.8, 4) is 0 Å². The molecule has 0 saturated heterocycles. The van der Waals surface area contributed by atoms with Crippen molar-refractivity contribution in [3.63, 3.8) is 0 Å². The molecule has 0 aliphatic rings. The van der Waals surface area contributed by atoms with Crippen molar-refractivity contribution < 1.29 is 14.8 Å². The number of rotatable bonds is 7. The maximum absolute atomic E-state index is 11.2. The van der Waals surface area contributed by atoms with E-state index in [9.17, 15) is 14.9 Å². The number of carbonyl (C=O) groups is 1. The largest absolute Gasteiger partial charge is 0.477 e. The lowest BCUT2D eigenvalue weighted by atomic mass is 10.0. The number of nitro groups is 1. The molecule has 0 saturated carbocycles. The predicted octanol–water partition coefficient (Wildman–Crippen LogP) is 2.57. The number of benzene rings is 1. The second-order valence-corrected chi connectivity index (χ2v) is 4.27. The van der Waals surface area contributed by atoms with Crippen LogP contribution in [0.4, 0.5) is 5.69 Å². The monoisotopic (exact) mass is 266 g/mol. The minimum atomic E-state index is -1.27. The first-order valence-electron chi connectivity index (χ1n) is 6.24. The number of hydrogen-bond acceptors (Lipinski definition) is 4. The standard InChI is InChI=1S/C13H18N2O4/c1-3-10(4-2)14-8-9-6-5-7-11(15(18)19)12(9)13(16)17/h5-7,10,14H,3-4,8H2,1-2H3,(H,16,17). The zero-order valence-corrected chi connectivity index (χ0v) is 11.0. The molecule has 0 aliphatic heterocycles.